The normalized spacial score (nSPS) is 14.3. The smallest absolute Gasteiger partial charge is 1.00 e. The van der Waals surface area contributed by atoms with Crippen LogP contribution < -0.4 is 24.8 Å². The molecule has 0 saturated carbocycles. The van der Waals surface area contributed by atoms with Crippen molar-refractivity contribution in [1.82, 2.24) is 0 Å². The van der Waals surface area contributed by atoms with E-state index in [0.717, 1.165) is 6.42 Å². The Balaban J connectivity index is 0.00000283. The van der Waals surface area contributed by atoms with Crippen LogP contribution in [0.5, 0.6) is 0 Å². The molecule has 1 atom stereocenters. The van der Waals surface area contributed by atoms with Crippen molar-refractivity contribution in [2.45, 2.75) is 79.3 Å². The number of benzene rings is 6. The zero-order chi connectivity index (χ0) is 39.5. The zero-order valence-corrected chi connectivity index (χ0v) is 39.8. The van der Waals surface area contributed by atoms with Crippen LogP contribution in [0.15, 0.2) is 142 Å². The van der Waals surface area contributed by atoms with E-state index in [0.29, 0.717) is 9.54 Å². The molecule has 0 spiro atoms. The molecule has 2 aliphatic carbocycles. The summed E-state index contributed by atoms with van der Waals surface area (Å²) >= 11 is -3.06. The largest absolute Gasteiger partial charge is 1.00 e. The predicted molar refractivity (Wildman–Crippen MR) is 239 cm³/mol. The van der Waals surface area contributed by atoms with Crippen LogP contribution in [-0.4, -0.2) is 3.21 Å². The van der Waals surface area contributed by atoms with E-state index in [-0.39, 0.29) is 30.2 Å². The van der Waals surface area contributed by atoms with Gasteiger partial charge >= 0.3 is 346 Å². The van der Waals surface area contributed by atoms with Crippen LogP contribution in [0.1, 0.15) is 93.4 Å². The molecule has 0 saturated heterocycles. The van der Waals surface area contributed by atoms with Crippen molar-refractivity contribution in [2.75, 3.05) is 0 Å². The number of fused-ring (bicyclic) bond motifs is 3. The molecule has 6 aromatic rings. The second-order valence-corrected chi connectivity index (χ2v) is 23.7. The first kappa shape index (κ1) is 43.7. The molecule has 0 nitrogen and oxygen atoms in total. The van der Waals surface area contributed by atoms with E-state index in [2.05, 4.69) is 203 Å². The summed E-state index contributed by atoms with van der Waals surface area (Å²) in [4.78, 5) is 0. The van der Waals surface area contributed by atoms with E-state index in [1.165, 1.54) is 94.6 Å². The molecule has 0 fully saturated rings. The first-order valence-corrected chi connectivity index (χ1v) is 24.5. The van der Waals surface area contributed by atoms with Crippen LogP contribution in [0.4, 0.5) is 0 Å². The topological polar surface area (TPSA) is 0 Å². The van der Waals surface area contributed by atoms with Crippen molar-refractivity contribution < 1.29 is 46.1 Å². The maximum Gasteiger partial charge on any atom is -1.00 e. The minimum atomic E-state index is -3.06. The Morgan fingerprint density at radius 3 is 1.34 bits per heavy atom. The Kier molecular flexibility index (Phi) is 13.1. The first-order chi connectivity index (χ1) is 26.8. The molecule has 0 bridgehead atoms. The molecule has 3 heteroatoms. The minimum Gasteiger partial charge on any atom is -1.00 e. The summed E-state index contributed by atoms with van der Waals surface area (Å²) in [7, 11) is 0. The number of halogens is 2. The fourth-order valence-electron chi connectivity index (χ4n) is 10.0. The van der Waals surface area contributed by atoms with Gasteiger partial charge in [-0.25, -0.2) is 0 Å². The van der Waals surface area contributed by atoms with E-state index in [1.807, 2.05) is 0 Å². The van der Waals surface area contributed by atoms with Gasteiger partial charge in [-0.1, -0.05) is 0 Å². The van der Waals surface area contributed by atoms with Gasteiger partial charge in [0.2, 0.25) is 0 Å². The van der Waals surface area contributed by atoms with Crippen molar-refractivity contribution in [3.05, 3.63) is 198 Å². The van der Waals surface area contributed by atoms with Crippen LogP contribution >= 0.6 is 0 Å². The van der Waals surface area contributed by atoms with Crippen LogP contribution in [-0.2, 0) is 21.3 Å². The van der Waals surface area contributed by atoms with E-state index in [9.17, 15) is 0 Å². The van der Waals surface area contributed by atoms with Gasteiger partial charge in [0.1, 0.15) is 0 Å². The van der Waals surface area contributed by atoms with Gasteiger partial charge in [-0.2, -0.15) is 0 Å². The van der Waals surface area contributed by atoms with Crippen LogP contribution in [0, 0.1) is 52.9 Å². The summed E-state index contributed by atoms with van der Waals surface area (Å²) in [6, 6.07) is 47.3. The Bertz CT molecular complexity index is 2400. The first-order valence-electron chi connectivity index (χ1n) is 20.6. The average molecular weight is 879 g/mol. The van der Waals surface area contributed by atoms with E-state index in [4.69, 9.17) is 0 Å². The van der Waals surface area contributed by atoms with E-state index < -0.39 is 21.3 Å². The molecular formula is C55H56Cl2Zr. The number of rotatable bonds is 7. The van der Waals surface area contributed by atoms with Gasteiger partial charge in [0.05, 0.1) is 0 Å². The molecule has 8 rings (SSSR count). The zero-order valence-electron chi connectivity index (χ0n) is 35.8. The van der Waals surface area contributed by atoms with E-state index >= 15 is 0 Å². The number of hydrogen-bond donors (Lipinski definition) is 0. The molecule has 0 N–H and O–H groups in total. The molecule has 58 heavy (non-hydrogen) atoms. The molecule has 0 amide bonds. The van der Waals surface area contributed by atoms with Crippen LogP contribution in [0.3, 0.4) is 0 Å². The summed E-state index contributed by atoms with van der Waals surface area (Å²) in [5.74, 6) is 0.433. The second-order valence-electron chi connectivity index (χ2n) is 17.6. The second kappa shape index (κ2) is 17.4. The third kappa shape index (κ3) is 8.05. The number of allylic oxidation sites excluding steroid dienone is 4. The molecule has 6 aromatic carbocycles. The Morgan fingerprint density at radius 2 is 0.966 bits per heavy atom. The Hall–Kier alpha value is -3.87. The van der Waals surface area contributed by atoms with Gasteiger partial charge in [0.25, 0.3) is 0 Å². The molecule has 294 valence electrons. The van der Waals surface area contributed by atoms with Gasteiger partial charge in [0, 0.05) is 0 Å². The van der Waals surface area contributed by atoms with Crippen molar-refractivity contribution >= 4 is 3.21 Å². The monoisotopic (exact) mass is 876 g/mol. The van der Waals surface area contributed by atoms with Crippen molar-refractivity contribution in [3.8, 4) is 33.4 Å². The number of aryl methyl sites for hydroxylation is 6. The summed E-state index contributed by atoms with van der Waals surface area (Å²) in [5, 5.41) is 0. The fourth-order valence-corrected chi connectivity index (χ4v) is 19.8. The molecule has 0 heterocycles. The summed E-state index contributed by atoms with van der Waals surface area (Å²) < 4.78 is 3.63. The van der Waals surface area contributed by atoms with Crippen molar-refractivity contribution in [2.24, 2.45) is 11.3 Å². The van der Waals surface area contributed by atoms with Crippen molar-refractivity contribution in [3.63, 3.8) is 0 Å². The summed E-state index contributed by atoms with van der Waals surface area (Å²) in [6.45, 7) is 23.2. The molecule has 2 aliphatic rings. The Morgan fingerprint density at radius 1 is 0.552 bits per heavy atom. The van der Waals surface area contributed by atoms with E-state index in [1.54, 1.807) is 6.49 Å². The van der Waals surface area contributed by atoms with Gasteiger partial charge < -0.3 is 24.8 Å². The van der Waals surface area contributed by atoms with Gasteiger partial charge in [-0.15, -0.1) is 0 Å². The van der Waals surface area contributed by atoms with Crippen molar-refractivity contribution in [1.29, 1.82) is 0 Å². The summed E-state index contributed by atoms with van der Waals surface area (Å²) in [6.07, 6.45) is 6.45. The summed E-state index contributed by atoms with van der Waals surface area (Å²) in [5.41, 5.74) is 23.7. The number of hydrogen-bond acceptors (Lipinski definition) is 0. The molecule has 1 unspecified atom stereocenters. The third-order valence-corrected chi connectivity index (χ3v) is 20.8. The Labute approximate surface area is 368 Å². The maximum absolute atomic E-state index is 3.06. The molecular weight excluding hydrogens is 823 g/mol. The maximum atomic E-state index is 2.70. The third-order valence-electron chi connectivity index (χ3n) is 12.3. The fraction of sp³-hybridized carbons (Fsp3) is 0.255. The average Bonchev–Trinajstić information content (AvgIpc) is 3.73. The van der Waals surface area contributed by atoms with Crippen LogP contribution in [0.2, 0.25) is 0 Å². The molecule has 0 aliphatic heterocycles. The standard InChI is InChI=1S/C31H29.C13H10.C11H17.2ClH.Zr/c1-18-11-20(3)30(21(4)12-18)24-7-9-28-26(15-24)17-27-16-25(8-10-29(27)28)31-22(5)13-19(2)14-23(31)6;1-3-7-12(8-4-1)11-13-9-5-2-6-10-13;1-5-9-6-7-10(8-9)11(2,3)4;;;/h7-17H,1-6H3;1-10H;7-9H,5H2,1-4H3;2*1H;/q;;;;;+2/p-2. The SMILES string of the molecule is CCC1C=C(C(C)(C)C)C=[C]1[Zr+2](=[C](c1ccccc1)c1ccccc1)[CH]1c2cc(-c3c(C)cc(C)cc3C)ccc2-c2ccc(-c3c(C)cc(C)cc3C)cc21.[Cl-].[Cl-]. The quantitative estimate of drug-likeness (QED) is 0.151. The van der Waals surface area contributed by atoms with Gasteiger partial charge in [-0.05, 0) is 0 Å². The molecule has 0 radical (unpaired) electrons. The van der Waals surface area contributed by atoms with Crippen LogP contribution in [0.25, 0.3) is 33.4 Å². The minimum absolute atomic E-state index is 0. The molecule has 0 aromatic heterocycles. The predicted octanol–water partition coefficient (Wildman–Crippen LogP) is 8.73. The van der Waals surface area contributed by atoms with Gasteiger partial charge in [0.15, 0.2) is 0 Å². The van der Waals surface area contributed by atoms with Gasteiger partial charge in [-0.3, -0.25) is 0 Å².